The minimum Gasteiger partial charge on any atom is -0.497 e. The number of ether oxygens (including phenoxy) is 2. The number of nitrogens with zero attached hydrogens (tertiary/aromatic N) is 1. The first-order chi connectivity index (χ1) is 9.60. The van der Waals surface area contributed by atoms with Crippen LogP contribution >= 0.6 is 11.3 Å². The van der Waals surface area contributed by atoms with E-state index in [0.717, 1.165) is 32.6 Å². The van der Waals surface area contributed by atoms with Gasteiger partial charge in [0.1, 0.15) is 11.5 Å². The Morgan fingerprint density at radius 1 is 1.25 bits per heavy atom. The Hall–Kier alpha value is -1.63. The Bertz CT molecular complexity index is 598. The number of methoxy groups -OCH3 is 2. The van der Waals surface area contributed by atoms with Crippen molar-refractivity contribution in [2.45, 2.75) is 19.9 Å². The third-order valence-corrected chi connectivity index (χ3v) is 4.25. The Kier molecular flexibility index (Phi) is 4.59. The molecule has 6 heteroatoms. The van der Waals surface area contributed by atoms with Crippen LogP contribution in [0.25, 0.3) is 0 Å². The van der Waals surface area contributed by atoms with Crippen molar-refractivity contribution in [1.82, 2.24) is 10.4 Å². The number of nitrogens with two attached hydrogens (primary N) is 1. The van der Waals surface area contributed by atoms with Gasteiger partial charge in [-0.15, -0.1) is 11.3 Å². The lowest BCUT2D eigenvalue weighted by molar-refractivity contribution is 0.394. The second kappa shape index (κ2) is 6.21. The largest absolute Gasteiger partial charge is 0.497 e. The van der Waals surface area contributed by atoms with Gasteiger partial charge in [0, 0.05) is 5.56 Å². The fourth-order valence-electron chi connectivity index (χ4n) is 2.19. The molecule has 0 aliphatic carbocycles. The summed E-state index contributed by atoms with van der Waals surface area (Å²) < 4.78 is 10.7. The van der Waals surface area contributed by atoms with Crippen molar-refractivity contribution in [3.05, 3.63) is 39.3 Å². The summed E-state index contributed by atoms with van der Waals surface area (Å²) in [5, 5.41) is 1.01. The number of rotatable bonds is 5. The lowest BCUT2D eigenvalue weighted by Gasteiger charge is -2.19. The second-order valence-electron chi connectivity index (χ2n) is 4.39. The number of hydrazine groups is 1. The molecule has 3 N–H and O–H groups in total. The average Bonchev–Trinajstić information content (AvgIpc) is 2.78. The van der Waals surface area contributed by atoms with Gasteiger partial charge in [0.15, 0.2) is 0 Å². The van der Waals surface area contributed by atoms with Crippen molar-refractivity contribution < 1.29 is 9.47 Å². The fourth-order valence-corrected chi connectivity index (χ4v) is 3.19. The zero-order valence-electron chi connectivity index (χ0n) is 12.1. The molecule has 1 unspecified atom stereocenters. The van der Waals surface area contributed by atoms with Crippen molar-refractivity contribution >= 4 is 11.3 Å². The van der Waals surface area contributed by atoms with Gasteiger partial charge in [-0.3, -0.25) is 5.84 Å². The molecule has 20 heavy (non-hydrogen) atoms. The predicted octanol–water partition coefficient (Wildman–Crippen LogP) is 2.33. The van der Waals surface area contributed by atoms with Gasteiger partial charge in [0.2, 0.25) is 0 Å². The predicted molar refractivity (Wildman–Crippen MR) is 80.3 cm³/mol. The fraction of sp³-hybridized carbons (Fsp3) is 0.357. The van der Waals surface area contributed by atoms with E-state index < -0.39 is 0 Å². The summed E-state index contributed by atoms with van der Waals surface area (Å²) in [5.74, 6) is 7.29. The molecular weight excluding hydrogens is 274 g/mol. The summed E-state index contributed by atoms with van der Waals surface area (Å²) >= 11 is 1.62. The first-order valence-electron chi connectivity index (χ1n) is 6.22. The van der Waals surface area contributed by atoms with Crippen molar-refractivity contribution in [1.29, 1.82) is 0 Å². The highest BCUT2D eigenvalue weighted by Crippen LogP contribution is 2.36. The van der Waals surface area contributed by atoms with Crippen LogP contribution in [0.3, 0.4) is 0 Å². The van der Waals surface area contributed by atoms with Crippen LogP contribution in [-0.2, 0) is 0 Å². The summed E-state index contributed by atoms with van der Waals surface area (Å²) in [4.78, 5) is 5.53. The Morgan fingerprint density at radius 2 is 2.00 bits per heavy atom. The number of hydrogen-bond donors (Lipinski definition) is 2. The Morgan fingerprint density at radius 3 is 2.50 bits per heavy atom. The van der Waals surface area contributed by atoms with E-state index in [1.165, 1.54) is 0 Å². The van der Waals surface area contributed by atoms with Crippen LogP contribution < -0.4 is 20.7 Å². The summed E-state index contributed by atoms with van der Waals surface area (Å²) in [7, 11) is 3.28. The molecule has 0 radical (unpaired) electrons. The van der Waals surface area contributed by atoms with Crippen molar-refractivity contribution in [2.24, 2.45) is 5.84 Å². The number of aromatic nitrogens is 1. The van der Waals surface area contributed by atoms with E-state index in [9.17, 15) is 0 Å². The van der Waals surface area contributed by atoms with Crippen LogP contribution in [0.1, 0.15) is 27.2 Å². The molecule has 0 fully saturated rings. The highest BCUT2D eigenvalue weighted by atomic mass is 32.1. The van der Waals surface area contributed by atoms with Gasteiger partial charge in [-0.2, -0.15) is 0 Å². The lowest BCUT2D eigenvalue weighted by atomic mass is 10.0. The molecule has 0 saturated carbocycles. The third kappa shape index (κ3) is 2.77. The molecule has 0 spiro atoms. The summed E-state index contributed by atoms with van der Waals surface area (Å²) in [5.41, 5.74) is 4.75. The maximum Gasteiger partial charge on any atom is 0.124 e. The topological polar surface area (TPSA) is 69.4 Å². The second-order valence-corrected chi connectivity index (χ2v) is 5.62. The van der Waals surface area contributed by atoms with Gasteiger partial charge in [-0.25, -0.2) is 10.4 Å². The van der Waals surface area contributed by atoms with Crippen molar-refractivity contribution in [3.63, 3.8) is 0 Å². The van der Waals surface area contributed by atoms with Gasteiger partial charge in [0.25, 0.3) is 0 Å². The first-order valence-corrected chi connectivity index (χ1v) is 7.04. The van der Waals surface area contributed by atoms with Gasteiger partial charge in [-0.05, 0) is 32.0 Å². The SMILES string of the molecule is COc1ccc(OC)c(C(NN)c2sc(C)nc2C)c1. The molecule has 1 aromatic heterocycles. The molecule has 2 aromatic rings. The van der Waals surface area contributed by atoms with Crippen LogP contribution in [0.2, 0.25) is 0 Å². The van der Waals surface area contributed by atoms with E-state index in [1.54, 1.807) is 25.6 Å². The van der Waals surface area contributed by atoms with Gasteiger partial charge >= 0.3 is 0 Å². The number of hydrogen-bond acceptors (Lipinski definition) is 6. The van der Waals surface area contributed by atoms with Gasteiger partial charge in [-0.1, -0.05) is 0 Å². The summed E-state index contributed by atoms with van der Waals surface area (Å²) in [6.45, 7) is 3.97. The maximum atomic E-state index is 5.76. The quantitative estimate of drug-likeness (QED) is 0.654. The van der Waals surface area contributed by atoms with E-state index in [-0.39, 0.29) is 6.04 Å². The maximum absolute atomic E-state index is 5.76. The highest BCUT2D eigenvalue weighted by Gasteiger charge is 2.22. The van der Waals surface area contributed by atoms with E-state index in [2.05, 4.69) is 10.4 Å². The van der Waals surface area contributed by atoms with E-state index in [4.69, 9.17) is 15.3 Å². The lowest BCUT2D eigenvalue weighted by Crippen LogP contribution is -2.29. The number of nitrogens with one attached hydrogen (secondary N) is 1. The molecule has 1 heterocycles. The van der Waals surface area contributed by atoms with E-state index >= 15 is 0 Å². The molecule has 0 aliphatic heterocycles. The van der Waals surface area contributed by atoms with Crippen LogP contribution in [0, 0.1) is 13.8 Å². The zero-order valence-corrected chi connectivity index (χ0v) is 12.9. The zero-order chi connectivity index (χ0) is 14.7. The Balaban J connectivity index is 2.53. The normalized spacial score (nSPS) is 12.2. The molecule has 0 saturated heterocycles. The molecule has 5 nitrogen and oxygen atoms in total. The molecular formula is C14H19N3O2S. The smallest absolute Gasteiger partial charge is 0.124 e. The Labute approximate surface area is 122 Å². The van der Waals surface area contributed by atoms with Crippen LogP contribution in [0.5, 0.6) is 11.5 Å². The molecule has 1 atom stereocenters. The number of thiazole rings is 1. The molecule has 2 rings (SSSR count). The third-order valence-electron chi connectivity index (χ3n) is 3.12. The standard InChI is InChI=1S/C14H19N3O2S/c1-8-14(20-9(2)16-8)13(17-15)11-7-10(18-3)5-6-12(11)19-4/h5-7,13,17H,15H2,1-4H3. The molecule has 0 amide bonds. The van der Waals surface area contributed by atoms with Crippen molar-refractivity contribution in [2.75, 3.05) is 14.2 Å². The molecule has 0 aliphatic rings. The van der Waals surface area contributed by atoms with Gasteiger partial charge in [0.05, 0.1) is 35.8 Å². The summed E-state index contributed by atoms with van der Waals surface area (Å²) in [6.07, 6.45) is 0. The van der Waals surface area contributed by atoms with Crippen LogP contribution in [0.15, 0.2) is 18.2 Å². The van der Waals surface area contributed by atoms with Crippen LogP contribution in [0.4, 0.5) is 0 Å². The molecule has 0 bridgehead atoms. The van der Waals surface area contributed by atoms with Crippen LogP contribution in [-0.4, -0.2) is 19.2 Å². The van der Waals surface area contributed by atoms with Crippen molar-refractivity contribution in [3.8, 4) is 11.5 Å². The minimum absolute atomic E-state index is 0.175. The molecule has 108 valence electrons. The highest BCUT2D eigenvalue weighted by molar-refractivity contribution is 7.11. The minimum atomic E-state index is -0.175. The summed E-state index contributed by atoms with van der Waals surface area (Å²) in [6, 6.07) is 5.49. The molecule has 1 aromatic carbocycles. The number of benzene rings is 1. The van der Waals surface area contributed by atoms with E-state index in [1.807, 2.05) is 32.0 Å². The van der Waals surface area contributed by atoms with Gasteiger partial charge < -0.3 is 9.47 Å². The average molecular weight is 293 g/mol. The number of aryl methyl sites for hydroxylation is 2. The monoisotopic (exact) mass is 293 g/mol. The first kappa shape index (κ1) is 14.8. The van der Waals surface area contributed by atoms with E-state index in [0.29, 0.717) is 0 Å².